The Labute approximate surface area is 128 Å². The Kier molecular flexibility index (Phi) is 3.71. The van der Waals surface area contributed by atoms with Gasteiger partial charge in [-0.15, -0.1) is 5.10 Å². The maximum Gasteiger partial charge on any atom is 0.166 e. The summed E-state index contributed by atoms with van der Waals surface area (Å²) in [6.45, 7) is 1.64. The number of hydrogen-bond acceptors (Lipinski definition) is 5. The van der Waals surface area contributed by atoms with Crippen molar-refractivity contribution in [1.29, 1.82) is 0 Å². The average Bonchev–Trinajstić information content (AvgIpc) is 3.19. The summed E-state index contributed by atoms with van der Waals surface area (Å²) in [5.74, 6) is 0.222. The van der Waals surface area contributed by atoms with E-state index in [0.717, 1.165) is 12.8 Å². The van der Waals surface area contributed by atoms with Gasteiger partial charge in [-0.2, -0.15) is 0 Å². The molecule has 8 heteroatoms. The normalized spacial score (nSPS) is 16.9. The van der Waals surface area contributed by atoms with Gasteiger partial charge < -0.3 is 0 Å². The minimum absolute atomic E-state index is 0.178. The fourth-order valence-corrected chi connectivity index (χ4v) is 3.97. The van der Waals surface area contributed by atoms with Crippen LogP contribution in [0, 0.1) is 0 Å². The molecule has 1 aromatic carbocycles. The van der Waals surface area contributed by atoms with E-state index in [1.54, 1.807) is 35.9 Å². The summed E-state index contributed by atoms with van der Waals surface area (Å²) in [4.78, 5) is 0. The molecule has 1 fully saturated rings. The summed E-state index contributed by atoms with van der Waals surface area (Å²) in [6, 6.07) is 7.23. The molecule has 6 nitrogen and oxygen atoms in total. The largest absolute Gasteiger partial charge is 0.228 e. The third-order valence-electron chi connectivity index (χ3n) is 3.67. The molecule has 1 atom stereocenters. The molecule has 0 amide bonds. The summed E-state index contributed by atoms with van der Waals surface area (Å²) < 4.78 is 26.8. The van der Waals surface area contributed by atoms with Gasteiger partial charge in [-0.25, -0.2) is 13.1 Å². The van der Waals surface area contributed by atoms with E-state index in [-0.39, 0.29) is 11.8 Å². The number of hydrogen-bond donors (Lipinski definition) is 0. The number of halogens is 1. The number of aromatic nitrogens is 4. The summed E-state index contributed by atoms with van der Waals surface area (Å²) in [5, 5.41) is 11.1. The van der Waals surface area contributed by atoms with Crippen molar-refractivity contribution >= 4 is 21.4 Å². The molecule has 112 valence electrons. The van der Waals surface area contributed by atoms with Crippen molar-refractivity contribution in [2.24, 2.45) is 0 Å². The van der Waals surface area contributed by atoms with E-state index in [1.807, 2.05) is 0 Å². The molecular formula is C13H15ClN4O2S. The molecule has 0 N–H and O–H groups in total. The van der Waals surface area contributed by atoms with Crippen LogP contribution in [0.4, 0.5) is 0 Å². The van der Waals surface area contributed by atoms with Crippen molar-refractivity contribution in [3.63, 3.8) is 0 Å². The second-order valence-corrected chi connectivity index (χ2v) is 7.97. The van der Waals surface area contributed by atoms with Crippen LogP contribution in [-0.2, 0) is 15.6 Å². The van der Waals surface area contributed by atoms with Gasteiger partial charge in [-0.3, -0.25) is 0 Å². The first-order valence-corrected chi connectivity index (χ1v) is 8.81. The molecule has 1 aliphatic rings. The third-order valence-corrected chi connectivity index (χ3v) is 6.00. The molecule has 0 aliphatic heterocycles. The highest BCUT2D eigenvalue weighted by molar-refractivity contribution is 7.90. The smallest absolute Gasteiger partial charge is 0.166 e. The van der Waals surface area contributed by atoms with Crippen LogP contribution >= 0.6 is 11.6 Å². The van der Waals surface area contributed by atoms with Gasteiger partial charge in [0.15, 0.2) is 15.7 Å². The van der Waals surface area contributed by atoms with Gasteiger partial charge in [-0.05, 0) is 41.8 Å². The number of benzene rings is 1. The Morgan fingerprint density at radius 2 is 2.10 bits per heavy atom. The van der Waals surface area contributed by atoms with E-state index in [1.165, 1.54) is 0 Å². The Hall–Kier alpha value is -1.47. The highest BCUT2D eigenvalue weighted by Gasteiger charge is 2.32. The van der Waals surface area contributed by atoms with Crippen LogP contribution < -0.4 is 0 Å². The Bertz CT molecular complexity index is 755. The molecule has 0 bridgehead atoms. The lowest BCUT2D eigenvalue weighted by molar-refractivity contribution is 0.568. The van der Waals surface area contributed by atoms with Crippen molar-refractivity contribution < 1.29 is 8.42 Å². The first kappa shape index (κ1) is 14.5. The number of tetrazole rings is 1. The van der Waals surface area contributed by atoms with E-state index in [9.17, 15) is 8.42 Å². The van der Waals surface area contributed by atoms with E-state index in [2.05, 4.69) is 15.5 Å². The van der Waals surface area contributed by atoms with Crippen LogP contribution in [0.15, 0.2) is 24.3 Å². The molecule has 1 saturated carbocycles. The van der Waals surface area contributed by atoms with Gasteiger partial charge >= 0.3 is 0 Å². The highest BCUT2D eigenvalue weighted by Crippen LogP contribution is 2.35. The topological polar surface area (TPSA) is 77.7 Å². The lowest BCUT2D eigenvalue weighted by Crippen LogP contribution is -2.16. The molecule has 1 aliphatic carbocycles. The van der Waals surface area contributed by atoms with E-state index < -0.39 is 15.1 Å². The summed E-state index contributed by atoms with van der Waals surface area (Å²) >= 11 is 6.09. The van der Waals surface area contributed by atoms with Gasteiger partial charge in [-0.1, -0.05) is 29.8 Å². The molecule has 21 heavy (non-hydrogen) atoms. The van der Waals surface area contributed by atoms with Crippen molar-refractivity contribution in [1.82, 2.24) is 20.2 Å². The molecule has 2 aromatic rings. The van der Waals surface area contributed by atoms with Crippen molar-refractivity contribution in [2.75, 3.05) is 0 Å². The zero-order valence-electron chi connectivity index (χ0n) is 11.5. The first-order chi connectivity index (χ1) is 9.99. The second-order valence-electron chi connectivity index (χ2n) is 5.24. The van der Waals surface area contributed by atoms with Crippen molar-refractivity contribution in [2.45, 2.75) is 36.8 Å². The third kappa shape index (κ3) is 2.94. The SMILES string of the molecule is CC(c1ccccc1Cl)S(=O)(=O)Cc1nnnn1C1CC1. The standard InChI is InChI=1S/C13H15ClN4O2S/c1-9(11-4-2-3-5-12(11)14)21(19,20)8-13-15-16-17-18(13)10-6-7-10/h2-5,9-10H,6-8H2,1H3. The molecule has 1 heterocycles. The highest BCUT2D eigenvalue weighted by atomic mass is 35.5. The minimum atomic E-state index is -3.43. The molecular weight excluding hydrogens is 312 g/mol. The van der Waals surface area contributed by atoms with E-state index >= 15 is 0 Å². The fourth-order valence-electron chi connectivity index (χ4n) is 2.21. The molecule has 0 radical (unpaired) electrons. The zero-order chi connectivity index (χ0) is 15.0. The Morgan fingerprint density at radius 1 is 1.38 bits per heavy atom. The van der Waals surface area contributed by atoms with Crippen LogP contribution in [0.5, 0.6) is 0 Å². The molecule has 3 rings (SSSR count). The molecule has 0 spiro atoms. The van der Waals surface area contributed by atoms with Crippen LogP contribution in [0.2, 0.25) is 5.02 Å². The summed E-state index contributed by atoms with van der Waals surface area (Å²) in [7, 11) is -3.43. The lowest BCUT2D eigenvalue weighted by atomic mass is 10.2. The second kappa shape index (κ2) is 5.38. The number of sulfone groups is 1. The van der Waals surface area contributed by atoms with Gasteiger partial charge in [0.2, 0.25) is 0 Å². The van der Waals surface area contributed by atoms with Crippen LogP contribution in [-0.4, -0.2) is 28.6 Å². The Balaban J connectivity index is 1.86. The van der Waals surface area contributed by atoms with Crippen molar-refractivity contribution in [3.05, 3.63) is 40.7 Å². The Morgan fingerprint density at radius 3 is 2.76 bits per heavy atom. The van der Waals surface area contributed by atoms with Gasteiger partial charge in [0.05, 0.1) is 11.3 Å². The molecule has 1 unspecified atom stereocenters. The van der Waals surface area contributed by atoms with Gasteiger partial charge in [0.1, 0.15) is 5.75 Å². The minimum Gasteiger partial charge on any atom is -0.228 e. The maximum atomic E-state index is 12.6. The molecule has 1 aromatic heterocycles. The maximum absolute atomic E-state index is 12.6. The van der Waals surface area contributed by atoms with E-state index in [4.69, 9.17) is 11.6 Å². The van der Waals surface area contributed by atoms with Gasteiger partial charge in [0, 0.05) is 5.02 Å². The first-order valence-electron chi connectivity index (χ1n) is 6.72. The average molecular weight is 327 g/mol. The van der Waals surface area contributed by atoms with Crippen LogP contribution in [0.25, 0.3) is 0 Å². The van der Waals surface area contributed by atoms with Crippen molar-refractivity contribution in [3.8, 4) is 0 Å². The van der Waals surface area contributed by atoms with Gasteiger partial charge in [0.25, 0.3) is 0 Å². The predicted molar refractivity (Wildman–Crippen MR) is 78.6 cm³/mol. The lowest BCUT2D eigenvalue weighted by Gasteiger charge is -2.14. The quantitative estimate of drug-likeness (QED) is 0.842. The predicted octanol–water partition coefficient (Wildman–Crippen LogP) is 2.34. The van der Waals surface area contributed by atoms with Crippen LogP contribution in [0.1, 0.15) is 42.4 Å². The number of rotatable bonds is 5. The monoisotopic (exact) mass is 326 g/mol. The molecule has 0 saturated heterocycles. The number of nitrogens with zero attached hydrogens (tertiary/aromatic N) is 4. The zero-order valence-corrected chi connectivity index (χ0v) is 13.0. The summed E-state index contributed by atoms with van der Waals surface area (Å²) in [5.41, 5.74) is 0.601. The fraction of sp³-hybridized carbons (Fsp3) is 0.462. The van der Waals surface area contributed by atoms with E-state index in [0.29, 0.717) is 16.4 Å². The summed E-state index contributed by atoms with van der Waals surface area (Å²) in [6.07, 6.45) is 2.00. The van der Waals surface area contributed by atoms with Crippen LogP contribution in [0.3, 0.4) is 0 Å².